The quantitative estimate of drug-likeness (QED) is 0.487. The maximum atomic E-state index is 12.3. The first-order valence-corrected chi connectivity index (χ1v) is 5.37. The minimum Gasteiger partial charge on any atom is -0.399 e. The van der Waals surface area contributed by atoms with Gasteiger partial charge in [-0.1, -0.05) is 24.3 Å². The summed E-state index contributed by atoms with van der Waals surface area (Å²) in [7, 11) is 0. The molecule has 18 heavy (non-hydrogen) atoms. The fourth-order valence-electron chi connectivity index (χ4n) is 1.77. The van der Waals surface area contributed by atoms with Gasteiger partial charge in [0.2, 0.25) is 0 Å². The van der Waals surface area contributed by atoms with Crippen LogP contribution in [0, 0.1) is 0 Å². The van der Waals surface area contributed by atoms with Crippen LogP contribution in [0.2, 0.25) is 0 Å². The first-order chi connectivity index (χ1) is 8.63. The van der Waals surface area contributed by atoms with Gasteiger partial charge < -0.3 is 11.5 Å². The number of rotatable bonds is 3. The van der Waals surface area contributed by atoms with Crippen LogP contribution in [0.25, 0.3) is 0 Å². The van der Waals surface area contributed by atoms with E-state index in [1.54, 1.807) is 42.5 Å². The summed E-state index contributed by atoms with van der Waals surface area (Å²) in [4.78, 5) is 23.3. The van der Waals surface area contributed by atoms with E-state index in [0.717, 1.165) is 0 Å². The minimum atomic E-state index is -0.303. The number of anilines is 2. The first kappa shape index (κ1) is 11.9. The lowest BCUT2D eigenvalue weighted by atomic mass is 9.97. The highest BCUT2D eigenvalue weighted by Gasteiger charge is 2.16. The molecule has 0 heterocycles. The molecule has 0 aliphatic heterocycles. The lowest BCUT2D eigenvalue weighted by molar-refractivity contribution is 0.103. The first-order valence-electron chi connectivity index (χ1n) is 5.37. The zero-order chi connectivity index (χ0) is 13.1. The van der Waals surface area contributed by atoms with Gasteiger partial charge >= 0.3 is 0 Å². The highest BCUT2D eigenvalue weighted by molar-refractivity contribution is 6.16. The second-order valence-corrected chi connectivity index (χ2v) is 3.88. The third-order valence-electron chi connectivity index (χ3n) is 2.63. The number of aldehydes is 1. The van der Waals surface area contributed by atoms with Gasteiger partial charge in [0.1, 0.15) is 0 Å². The number of ketones is 1. The molecule has 0 aliphatic carbocycles. The van der Waals surface area contributed by atoms with E-state index in [1.807, 2.05) is 0 Å². The number of carbonyl (C=O) groups excluding carboxylic acids is 2. The Kier molecular flexibility index (Phi) is 3.10. The average Bonchev–Trinajstić information content (AvgIpc) is 2.37. The summed E-state index contributed by atoms with van der Waals surface area (Å²) in [6, 6.07) is 11.3. The molecule has 2 rings (SSSR count). The third-order valence-corrected chi connectivity index (χ3v) is 2.63. The Bertz CT molecular complexity index is 621. The molecule has 4 nitrogen and oxygen atoms in total. The molecule has 90 valence electrons. The van der Waals surface area contributed by atoms with Gasteiger partial charge in [0.15, 0.2) is 12.1 Å². The molecule has 4 N–H and O–H groups in total. The minimum absolute atomic E-state index is 0.220. The molecule has 0 aliphatic rings. The van der Waals surface area contributed by atoms with E-state index in [4.69, 9.17) is 11.5 Å². The van der Waals surface area contributed by atoms with Crippen molar-refractivity contribution in [3.63, 3.8) is 0 Å². The van der Waals surface area contributed by atoms with Crippen LogP contribution >= 0.6 is 0 Å². The smallest absolute Gasteiger partial charge is 0.195 e. The molecule has 0 saturated carbocycles. The van der Waals surface area contributed by atoms with E-state index in [9.17, 15) is 9.59 Å². The van der Waals surface area contributed by atoms with Crippen LogP contribution in [0.1, 0.15) is 26.3 Å². The van der Waals surface area contributed by atoms with Crippen molar-refractivity contribution >= 4 is 23.4 Å². The number of hydrogen-bond donors (Lipinski definition) is 2. The number of nitrogen functional groups attached to an aromatic ring is 2. The number of benzene rings is 2. The van der Waals surface area contributed by atoms with Crippen molar-refractivity contribution in [2.24, 2.45) is 0 Å². The molecular formula is C14H12N2O2. The van der Waals surface area contributed by atoms with Crippen LogP contribution in [-0.2, 0) is 0 Å². The van der Waals surface area contributed by atoms with Gasteiger partial charge in [-0.25, -0.2) is 0 Å². The number of nitrogens with two attached hydrogens (primary N) is 2. The topological polar surface area (TPSA) is 86.2 Å². The number of carbonyl (C=O) groups is 2. The highest BCUT2D eigenvalue weighted by Crippen LogP contribution is 2.21. The lowest BCUT2D eigenvalue weighted by Crippen LogP contribution is -2.09. The predicted molar refractivity (Wildman–Crippen MR) is 70.5 cm³/mol. The second-order valence-electron chi connectivity index (χ2n) is 3.88. The zero-order valence-corrected chi connectivity index (χ0v) is 9.59. The molecular weight excluding hydrogens is 228 g/mol. The SMILES string of the molecule is Nc1cccc(C(=O)c2c(N)cccc2C=O)c1. The van der Waals surface area contributed by atoms with Gasteiger partial charge in [-0.3, -0.25) is 9.59 Å². The number of hydrogen-bond acceptors (Lipinski definition) is 4. The van der Waals surface area contributed by atoms with E-state index < -0.39 is 0 Å². The molecule has 0 saturated heterocycles. The highest BCUT2D eigenvalue weighted by atomic mass is 16.1. The summed E-state index contributed by atoms with van der Waals surface area (Å²) in [5.41, 5.74) is 13.1. The monoisotopic (exact) mass is 240 g/mol. The standard InChI is InChI=1S/C14H12N2O2/c15-11-5-1-3-9(7-11)14(18)13-10(8-17)4-2-6-12(13)16/h1-8H,15-16H2. The normalized spacial score (nSPS) is 10.0. The van der Waals surface area contributed by atoms with Crippen LogP contribution in [0.5, 0.6) is 0 Å². The van der Waals surface area contributed by atoms with E-state index in [2.05, 4.69) is 0 Å². The summed E-state index contributed by atoms with van der Waals surface area (Å²) >= 11 is 0. The van der Waals surface area contributed by atoms with E-state index in [1.165, 1.54) is 0 Å². The fraction of sp³-hybridized carbons (Fsp3) is 0. The van der Waals surface area contributed by atoms with Crippen molar-refractivity contribution in [1.29, 1.82) is 0 Å². The Labute approximate surface area is 104 Å². The molecule has 0 atom stereocenters. The van der Waals surface area contributed by atoms with Gasteiger partial charge in [-0.05, 0) is 18.2 Å². The summed E-state index contributed by atoms with van der Waals surface area (Å²) in [5.74, 6) is -0.303. The maximum Gasteiger partial charge on any atom is 0.195 e. The van der Waals surface area contributed by atoms with Crippen molar-refractivity contribution in [3.05, 3.63) is 59.2 Å². The van der Waals surface area contributed by atoms with Gasteiger partial charge in [-0.15, -0.1) is 0 Å². The van der Waals surface area contributed by atoms with E-state index >= 15 is 0 Å². The molecule has 2 aromatic carbocycles. The Balaban J connectivity index is 2.56. The molecule has 4 heteroatoms. The molecule has 0 bridgehead atoms. The Morgan fingerprint density at radius 1 is 1.06 bits per heavy atom. The third kappa shape index (κ3) is 2.08. The zero-order valence-electron chi connectivity index (χ0n) is 9.59. The molecule has 0 unspecified atom stereocenters. The van der Waals surface area contributed by atoms with Gasteiger partial charge in [0, 0.05) is 22.5 Å². The molecule has 0 spiro atoms. The van der Waals surface area contributed by atoms with Crippen molar-refractivity contribution < 1.29 is 9.59 Å². The van der Waals surface area contributed by atoms with Crippen LogP contribution in [-0.4, -0.2) is 12.1 Å². The summed E-state index contributed by atoms with van der Waals surface area (Å²) in [5, 5.41) is 0. The van der Waals surface area contributed by atoms with Crippen LogP contribution in [0.4, 0.5) is 11.4 Å². The van der Waals surface area contributed by atoms with Gasteiger partial charge in [0.05, 0.1) is 5.56 Å². The summed E-state index contributed by atoms with van der Waals surface area (Å²) in [6.45, 7) is 0. The Hall–Kier alpha value is -2.62. The molecule has 2 aromatic rings. The lowest BCUT2D eigenvalue weighted by Gasteiger charge is -2.08. The van der Waals surface area contributed by atoms with E-state index in [-0.39, 0.29) is 22.6 Å². The predicted octanol–water partition coefficient (Wildman–Crippen LogP) is 1.89. The summed E-state index contributed by atoms with van der Waals surface area (Å²) in [6.07, 6.45) is 0.621. The van der Waals surface area contributed by atoms with Crippen LogP contribution < -0.4 is 11.5 Å². The molecule has 0 amide bonds. The van der Waals surface area contributed by atoms with Gasteiger partial charge in [0.25, 0.3) is 0 Å². The summed E-state index contributed by atoms with van der Waals surface area (Å²) < 4.78 is 0. The van der Waals surface area contributed by atoms with Crippen molar-refractivity contribution in [2.75, 3.05) is 11.5 Å². The van der Waals surface area contributed by atoms with Gasteiger partial charge in [-0.2, -0.15) is 0 Å². The Morgan fingerprint density at radius 3 is 2.44 bits per heavy atom. The van der Waals surface area contributed by atoms with Crippen molar-refractivity contribution in [1.82, 2.24) is 0 Å². The average molecular weight is 240 g/mol. The maximum absolute atomic E-state index is 12.3. The van der Waals surface area contributed by atoms with Crippen molar-refractivity contribution in [3.8, 4) is 0 Å². The van der Waals surface area contributed by atoms with Crippen LogP contribution in [0.3, 0.4) is 0 Å². The van der Waals surface area contributed by atoms with Crippen LogP contribution in [0.15, 0.2) is 42.5 Å². The fourth-order valence-corrected chi connectivity index (χ4v) is 1.77. The molecule has 0 radical (unpaired) electrons. The Morgan fingerprint density at radius 2 is 1.78 bits per heavy atom. The van der Waals surface area contributed by atoms with E-state index in [0.29, 0.717) is 17.5 Å². The largest absolute Gasteiger partial charge is 0.399 e. The van der Waals surface area contributed by atoms with Crippen molar-refractivity contribution in [2.45, 2.75) is 0 Å². The molecule has 0 fully saturated rings. The molecule has 0 aromatic heterocycles. The second kappa shape index (κ2) is 4.71.